The van der Waals surface area contributed by atoms with Gasteiger partial charge >= 0.3 is 0 Å². The first-order valence-corrected chi connectivity index (χ1v) is 6.22. The van der Waals surface area contributed by atoms with Crippen LogP contribution < -0.4 is 20.7 Å². The van der Waals surface area contributed by atoms with Crippen LogP contribution in [0.4, 0.5) is 11.4 Å². The van der Waals surface area contributed by atoms with Gasteiger partial charge in [-0.15, -0.1) is 0 Å². The molecule has 2 heterocycles. The van der Waals surface area contributed by atoms with Crippen molar-refractivity contribution in [2.24, 2.45) is 5.92 Å². The Morgan fingerprint density at radius 2 is 2.21 bits per heavy atom. The van der Waals surface area contributed by atoms with Crippen LogP contribution in [-0.4, -0.2) is 31.0 Å². The van der Waals surface area contributed by atoms with E-state index in [4.69, 9.17) is 10.5 Å². The van der Waals surface area contributed by atoms with Gasteiger partial charge in [-0.05, 0) is 25.1 Å². The molecular weight excluding hydrogens is 246 g/mol. The maximum atomic E-state index is 12.4. The van der Waals surface area contributed by atoms with Gasteiger partial charge in [0.05, 0.1) is 11.6 Å². The number of nitrogens with zero attached hydrogens (tertiary/aromatic N) is 1. The molecule has 2 aliphatic heterocycles. The quantitative estimate of drug-likeness (QED) is 0.554. The number of carbonyl (C=O) groups is 2. The van der Waals surface area contributed by atoms with Crippen LogP contribution in [0.5, 0.6) is 5.75 Å². The standard InChI is InChI=1S/C13H15N3O3/c1-7-12(17)16(13(18)8-5-15-6-8)10-4-9(14)2-3-11(10)19-7/h2-4,7-8,15H,5-6,14H2,1H3. The molecule has 0 aliphatic carbocycles. The van der Waals surface area contributed by atoms with Crippen molar-refractivity contribution in [3.63, 3.8) is 0 Å². The summed E-state index contributed by atoms with van der Waals surface area (Å²) < 4.78 is 5.50. The Bertz CT molecular complexity index is 554. The number of fused-ring (bicyclic) bond motifs is 1. The zero-order valence-corrected chi connectivity index (χ0v) is 10.6. The molecule has 1 aromatic carbocycles. The first-order valence-electron chi connectivity index (χ1n) is 6.22. The van der Waals surface area contributed by atoms with Crippen LogP contribution in [-0.2, 0) is 9.59 Å². The average Bonchev–Trinajstić information content (AvgIpc) is 2.29. The Balaban J connectivity index is 2.03. The molecule has 19 heavy (non-hydrogen) atoms. The van der Waals surface area contributed by atoms with Crippen molar-refractivity contribution in [1.29, 1.82) is 0 Å². The first-order chi connectivity index (χ1) is 9.08. The van der Waals surface area contributed by atoms with Gasteiger partial charge in [0, 0.05) is 18.8 Å². The van der Waals surface area contributed by atoms with E-state index in [0.29, 0.717) is 30.2 Å². The van der Waals surface area contributed by atoms with Gasteiger partial charge in [-0.1, -0.05) is 0 Å². The number of rotatable bonds is 1. The van der Waals surface area contributed by atoms with E-state index in [-0.39, 0.29) is 17.7 Å². The molecular formula is C13H15N3O3. The molecule has 1 saturated heterocycles. The highest BCUT2D eigenvalue weighted by Crippen LogP contribution is 2.36. The molecule has 3 N–H and O–H groups in total. The number of hydrogen-bond acceptors (Lipinski definition) is 5. The number of benzene rings is 1. The highest BCUT2D eigenvalue weighted by molar-refractivity contribution is 6.19. The van der Waals surface area contributed by atoms with E-state index in [2.05, 4.69) is 5.32 Å². The summed E-state index contributed by atoms with van der Waals surface area (Å²) in [6.45, 7) is 2.85. The second-order valence-corrected chi connectivity index (χ2v) is 4.85. The Hall–Kier alpha value is -2.08. The Kier molecular flexibility index (Phi) is 2.67. The lowest BCUT2D eigenvalue weighted by Gasteiger charge is -2.36. The second kappa shape index (κ2) is 4.24. The lowest BCUT2D eigenvalue weighted by Crippen LogP contribution is -2.56. The monoisotopic (exact) mass is 261 g/mol. The molecule has 1 atom stereocenters. The lowest BCUT2D eigenvalue weighted by molar-refractivity contribution is -0.133. The van der Waals surface area contributed by atoms with E-state index in [1.807, 2.05) is 0 Å². The molecule has 0 bridgehead atoms. The summed E-state index contributed by atoms with van der Waals surface area (Å²) in [7, 11) is 0. The maximum Gasteiger partial charge on any atom is 0.274 e. The highest BCUT2D eigenvalue weighted by atomic mass is 16.5. The zero-order chi connectivity index (χ0) is 13.6. The lowest BCUT2D eigenvalue weighted by atomic mass is 10.00. The minimum absolute atomic E-state index is 0.150. The SMILES string of the molecule is CC1Oc2ccc(N)cc2N(C(=O)C2CNC2)C1=O. The molecule has 0 radical (unpaired) electrons. The van der Waals surface area contributed by atoms with E-state index >= 15 is 0 Å². The molecule has 2 aliphatic rings. The molecule has 0 aromatic heterocycles. The van der Waals surface area contributed by atoms with Crippen LogP contribution in [0.1, 0.15) is 6.92 Å². The Morgan fingerprint density at radius 1 is 1.47 bits per heavy atom. The number of nitrogens with one attached hydrogen (secondary N) is 1. The van der Waals surface area contributed by atoms with Crippen molar-refractivity contribution in [3.8, 4) is 5.75 Å². The van der Waals surface area contributed by atoms with E-state index in [1.165, 1.54) is 4.90 Å². The van der Waals surface area contributed by atoms with Crippen molar-refractivity contribution < 1.29 is 14.3 Å². The van der Waals surface area contributed by atoms with Gasteiger partial charge in [-0.2, -0.15) is 0 Å². The number of nitrogen functional groups attached to an aromatic ring is 1. The first kappa shape index (κ1) is 12.0. The molecule has 6 heteroatoms. The third kappa shape index (κ3) is 1.84. The van der Waals surface area contributed by atoms with Crippen LogP contribution in [0.3, 0.4) is 0 Å². The third-order valence-electron chi connectivity index (χ3n) is 3.45. The van der Waals surface area contributed by atoms with Crippen LogP contribution in [0.25, 0.3) is 0 Å². The van der Waals surface area contributed by atoms with Gasteiger partial charge in [0.15, 0.2) is 6.10 Å². The fourth-order valence-corrected chi connectivity index (χ4v) is 2.22. The van der Waals surface area contributed by atoms with Crippen molar-refractivity contribution in [2.45, 2.75) is 13.0 Å². The summed E-state index contributed by atoms with van der Waals surface area (Å²) in [5.74, 6) is -0.161. The number of imide groups is 1. The summed E-state index contributed by atoms with van der Waals surface area (Å²) in [5.41, 5.74) is 6.67. The molecule has 3 rings (SSSR count). The van der Waals surface area contributed by atoms with Gasteiger partial charge in [0.1, 0.15) is 5.75 Å². The van der Waals surface area contributed by atoms with Gasteiger partial charge in [-0.3, -0.25) is 9.59 Å². The van der Waals surface area contributed by atoms with E-state index in [1.54, 1.807) is 25.1 Å². The largest absolute Gasteiger partial charge is 0.479 e. The number of ether oxygens (including phenoxy) is 1. The summed E-state index contributed by atoms with van der Waals surface area (Å²) in [4.78, 5) is 25.8. The third-order valence-corrected chi connectivity index (χ3v) is 3.45. The van der Waals surface area contributed by atoms with Crippen LogP contribution >= 0.6 is 0 Å². The number of amides is 2. The highest BCUT2D eigenvalue weighted by Gasteiger charge is 2.40. The van der Waals surface area contributed by atoms with Crippen LogP contribution in [0.2, 0.25) is 0 Å². The Labute approximate surface area is 110 Å². The number of anilines is 2. The fraction of sp³-hybridized carbons (Fsp3) is 0.385. The summed E-state index contributed by atoms with van der Waals surface area (Å²) >= 11 is 0. The minimum atomic E-state index is -0.659. The van der Waals surface area contributed by atoms with Crippen molar-refractivity contribution in [2.75, 3.05) is 23.7 Å². The topological polar surface area (TPSA) is 84.7 Å². The predicted octanol–water partition coefficient (Wildman–Crippen LogP) is 0.129. The average molecular weight is 261 g/mol. The van der Waals surface area contributed by atoms with Crippen molar-refractivity contribution in [1.82, 2.24) is 5.32 Å². The van der Waals surface area contributed by atoms with Gasteiger partial charge in [-0.25, -0.2) is 4.90 Å². The predicted molar refractivity (Wildman–Crippen MR) is 69.8 cm³/mol. The van der Waals surface area contributed by atoms with E-state index in [9.17, 15) is 9.59 Å². The number of hydrogen-bond donors (Lipinski definition) is 2. The summed E-state index contributed by atoms with van der Waals surface area (Å²) in [6, 6.07) is 4.98. The van der Waals surface area contributed by atoms with Gasteiger partial charge in [0.2, 0.25) is 5.91 Å². The molecule has 6 nitrogen and oxygen atoms in total. The zero-order valence-electron chi connectivity index (χ0n) is 10.6. The molecule has 1 fully saturated rings. The summed E-state index contributed by atoms with van der Waals surface area (Å²) in [6.07, 6.45) is -0.659. The van der Waals surface area contributed by atoms with Gasteiger partial charge in [0.25, 0.3) is 5.91 Å². The maximum absolute atomic E-state index is 12.4. The van der Waals surface area contributed by atoms with Crippen molar-refractivity contribution in [3.05, 3.63) is 18.2 Å². The fourth-order valence-electron chi connectivity index (χ4n) is 2.22. The Morgan fingerprint density at radius 3 is 2.84 bits per heavy atom. The van der Waals surface area contributed by atoms with Gasteiger partial charge < -0.3 is 15.8 Å². The minimum Gasteiger partial charge on any atom is -0.479 e. The normalized spacial score (nSPS) is 22.5. The molecule has 100 valence electrons. The van der Waals surface area contributed by atoms with E-state index < -0.39 is 6.10 Å². The van der Waals surface area contributed by atoms with E-state index in [0.717, 1.165) is 0 Å². The van der Waals surface area contributed by atoms with Crippen molar-refractivity contribution >= 4 is 23.2 Å². The molecule has 2 amide bonds. The van der Waals surface area contributed by atoms with Crippen LogP contribution in [0.15, 0.2) is 18.2 Å². The number of nitrogens with two attached hydrogens (primary N) is 1. The molecule has 0 saturated carbocycles. The molecule has 0 spiro atoms. The smallest absolute Gasteiger partial charge is 0.274 e. The number of carbonyl (C=O) groups excluding carboxylic acids is 2. The molecule has 1 aromatic rings. The second-order valence-electron chi connectivity index (χ2n) is 4.85. The summed E-state index contributed by atoms with van der Waals surface area (Å²) in [5, 5.41) is 3.03. The van der Waals surface area contributed by atoms with Crippen LogP contribution in [0, 0.1) is 5.92 Å². The molecule has 1 unspecified atom stereocenters.